The zero-order valence-corrected chi connectivity index (χ0v) is 14.3. The zero-order chi connectivity index (χ0) is 17.2. The van der Waals surface area contributed by atoms with Gasteiger partial charge in [0.1, 0.15) is 0 Å². The molecular weight excluding hydrogens is 296 g/mol. The van der Waals surface area contributed by atoms with Crippen LogP contribution in [0, 0.1) is 6.92 Å². The maximum Gasteiger partial charge on any atom is 0.336 e. The van der Waals surface area contributed by atoms with Crippen LogP contribution in [0.1, 0.15) is 72.0 Å². The van der Waals surface area contributed by atoms with Crippen molar-refractivity contribution in [3.63, 3.8) is 0 Å². The van der Waals surface area contributed by atoms with E-state index in [2.05, 4.69) is 31.2 Å². The highest BCUT2D eigenvalue weighted by Gasteiger charge is 2.34. The number of rotatable bonds is 4. The fourth-order valence-electron chi connectivity index (χ4n) is 3.87. The second-order valence-electron chi connectivity index (χ2n) is 7.14. The highest BCUT2D eigenvalue weighted by atomic mass is 16.4. The summed E-state index contributed by atoms with van der Waals surface area (Å²) in [7, 11) is 0. The Morgan fingerprint density at radius 1 is 1.04 bits per heavy atom. The highest BCUT2D eigenvalue weighted by molar-refractivity contribution is 5.90. The number of benzene rings is 2. The molecule has 1 aliphatic rings. The maximum atomic E-state index is 11.5. The molecule has 1 atom stereocenters. The summed E-state index contributed by atoms with van der Waals surface area (Å²) >= 11 is 0. The van der Waals surface area contributed by atoms with Gasteiger partial charge in [0.25, 0.3) is 0 Å². The second kappa shape index (κ2) is 6.72. The first-order chi connectivity index (χ1) is 11.5. The third kappa shape index (κ3) is 3.19. The van der Waals surface area contributed by atoms with E-state index in [1.807, 2.05) is 19.1 Å². The molecule has 0 amide bonds. The Balaban J connectivity index is 1.91. The molecule has 0 aromatic heterocycles. The van der Waals surface area contributed by atoms with Crippen LogP contribution in [-0.2, 0) is 5.41 Å². The number of aromatic carboxylic acids is 1. The minimum Gasteiger partial charge on any atom is -0.478 e. The van der Waals surface area contributed by atoms with Crippen LogP contribution in [0.2, 0.25) is 0 Å². The fourth-order valence-corrected chi connectivity index (χ4v) is 3.87. The van der Waals surface area contributed by atoms with Crippen LogP contribution in [0.3, 0.4) is 0 Å². The monoisotopic (exact) mass is 321 g/mol. The van der Waals surface area contributed by atoms with Gasteiger partial charge in [-0.3, -0.25) is 0 Å². The maximum absolute atomic E-state index is 11.5. The van der Waals surface area contributed by atoms with Crippen LogP contribution in [0.25, 0.3) is 0 Å². The van der Waals surface area contributed by atoms with E-state index < -0.39 is 11.4 Å². The van der Waals surface area contributed by atoms with Crippen LogP contribution in [0.15, 0.2) is 48.5 Å². The smallest absolute Gasteiger partial charge is 0.336 e. The first-order valence-corrected chi connectivity index (χ1v) is 8.79. The highest BCUT2D eigenvalue weighted by Crippen LogP contribution is 2.36. The molecule has 1 unspecified atom stereocenters. The predicted octanol–water partition coefficient (Wildman–Crippen LogP) is 5.57. The molecule has 2 heteroatoms. The molecule has 1 fully saturated rings. The lowest BCUT2D eigenvalue weighted by Crippen LogP contribution is -2.23. The summed E-state index contributed by atoms with van der Waals surface area (Å²) in [5.74, 6) is -0.227. The summed E-state index contributed by atoms with van der Waals surface area (Å²) in [6, 6.07) is 15.8. The van der Waals surface area contributed by atoms with E-state index in [1.54, 1.807) is 12.1 Å². The van der Waals surface area contributed by atoms with E-state index >= 15 is 0 Å². The van der Waals surface area contributed by atoms with Crippen LogP contribution in [-0.4, -0.2) is 11.1 Å². The van der Waals surface area contributed by atoms with E-state index in [1.165, 1.54) is 37.7 Å². The van der Waals surface area contributed by atoms with Crippen molar-refractivity contribution in [2.24, 2.45) is 0 Å². The van der Waals surface area contributed by atoms with E-state index in [4.69, 9.17) is 0 Å². The summed E-state index contributed by atoms with van der Waals surface area (Å²) in [5.41, 5.74) is 2.95. The van der Waals surface area contributed by atoms with Crippen LogP contribution in [0.4, 0.5) is 0 Å². The first kappa shape index (κ1) is 16.6. The third-order valence-corrected chi connectivity index (χ3v) is 5.38. The summed E-state index contributed by atoms with van der Waals surface area (Å²) in [4.78, 5) is 11.5. The summed E-state index contributed by atoms with van der Waals surface area (Å²) < 4.78 is 0. The Labute approximate surface area is 144 Å². The number of carbonyl (C=O) groups is 1. The summed E-state index contributed by atoms with van der Waals surface area (Å²) in [6.45, 7) is 6.32. The molecule has 0 radical (unpaired) electrons. The van der Waals surface area contributed by atoms with Gasteiger partial charge in [0.05, 0.1) is 12.5 Å². The zero-order valence-electron chi connectivity index (χ0n) is 14.3. The van der Waals surface area contributed by atoms with Crippen molar-refractivity contribution in [3.05, 3.63) is 77.7 Å². The molecule has 0 heterocycles. The van der Waals surface area contributed by atoms with Gasteiger partial charge in [-0.05, 0) is 37.3 Å². The van der Waals surface area contributed by atoms with Crippen LogP contribution in [0.5, 0.6) is 0 Å². The van der Waals surface area contributed by atoms with Gasteiger partial charge in [-0.15, -0.1) is 0 Å². The quantitative estimate of drug-likeness (QED) is 0.747. The molecule has 2 nitrogen and oxygen atoms in total. The molecule has 124 valence electrons. The normalized spacial score (nSPS) is 18.0. The van der Waals surface area contributed by atoms with Crippen molar-refractivity contribution in [3.8, 4) is 0 Å². The standard InChI is InChI=1S/C22H24O2/c1-22(2,20-11-7-6-10-19(20)21(23)24)18-14-12-17(13-15-18)16-8-4-3-5-9-16/h6-7,10-16H,1,3-5,8-9H2,2H3/p+1. The Morgan fingerprint density at radius 3 is 2.29 bits per heavy atom. The van der Waals surface area contributed by atoms with Crippen LogP contribution >= 0.6 is 0 Å². The molecule has 0 bridgehead atoms. The minimum atomic E-state index is -0.903. The van der Waals surface area contributed by atoms with E-state index in [0.29, 0.717) is 11.5 Å². The molecule has 1 N–H and O–H groups in total. The molecule has 2 aromatic carbocycles. The SMILES string of the molecule is [CH2+]C(C)(c1ccc(C2CCCCC2)cc1)c1ccccc1C(=O)O. The minimum absolute atomic E-state index is 0.325. The van der Waals surface area contributed by atoms with Gasteiger partial charge in [-0.2, -0.15) is 0 Å². The number of carboxylic acid groups (broad SMARTS) is 1. The molecule has 1 aliphatic carbocycles. The summed E-state index contributed by atoms with van der Waals surface area (Å²) in [5, 5.41) is 9.46. The molecule has 3 rings (SSSR count). The van der Waals surface area contributed by atoms with Gasteiger partial charge < -0.3 is 5.11 Å². The van der Waals surface area contributed by atoms with Gasteiger partial charge in [-0.1, -0.05) is 61.7 Å². The average Bonchev–Trinajstić information content (AvgIpc) is 2.62. The lowest BCUT2D eigenvalue weighted by atomic mass is 9.75. The predicted molar refractivity (Wildman–Crippen MR) is 97.5 cm³/mol. The molecule has 0 aliphatic heterocycles. The molecule has 2 aromatic rings. The third-order valence-electron chi connectivity index (χ3n) is 5.38. The van der Waals surface area contributed by atoms with E-state index in [-0.39, 0.29) is 0 Å². The first-order valence-electron chi connectivity index (χ1n) is 8.79. The molecule has 0 saturated heterocycles. The number of hydrogen-bond acceptors (Lipinski definition) is 1. The van der Waals surface area contributed by atoms with Gasteiger partial charge in [0.2, 0.25) is 0 Å². The van der Waals surface area contributed by atoms with E-state index in [9.17, 15) is 9.90 Å². The van der Waals surface area contributed by atoms with E-state index in [0.717, 1.165) is 11.1 Å². The molecule has 24 heavy (non-hydrogen) atoms. The Hall–Kier alpha value is -2.22. The van der Waals surface area contributed by atoms with Crippen molar-refractivity contribution in [1.82, 2.24) is 0 Å². The molecule has 1 saturated carbocycles. The fraction of sp³-hybridized carbons (Fsp3) is 0.364. The lowest BCUT2D eigenvalue weighted by molar-refractivity contribution is 0.0694. The second-order valence-corrected chi connectivity index (χ2v) is 7.14. The van der Waals surface area contributed by atoms with Gasteiger partial charge >= 0.3 is 5.97 Å². The van der Waals surface area contributed by atoms with Crippen molar-refractivity contribution >= 4 is 5.97 Å². The van der Waals surface area contributed by atoms with Crippen molar-refractivity contribution in [2.45, 2.75) is 50.4 Å². The van der Waals surface area contributed by atoms with Crippen molar-refractivity contribution < 1.29 is 9.90 Å². The summed E-state index contributed by atoms with van der Waals surface area (Å²) in [6.07, 6.45) is 6.57. The number of carboxylic acids is 1. The number of hydrogen-bond donors (Lipinski definition) is 1. The average molecular weight is 321 g/mol. The molecular formula is C22H25O2+. The molecule has 0 spiro atoms. The Morgan fingerprint density at radius 2 is 1.67 bits per heavy atom. The van der Waals surface area contributed by atoms with Crippen molar-refractivity contribution in [1.29, 1.82) is 0 Å². The van der Waals surface area contributed by atoms with Gasteiger partial charge in [-0.25, -0.2) is 4.79 Å². The van der Waals surface area contributed by atoms with Crippen molar-refractivity contribution in [2.75, 3.05) is 0 Å². The van der Waals surface area contributed by atoms with Gasteiger partial charge in [0.15, 0.2) is 5.41 Å². The Kier molecular flexibility index (Phi) is 4.66. The topological polar surface area (TPSA) is 37.3 Å². The van der Waals surface area contributed by atoms with Crippen LogP contribution < -0.4 is 0 Å². The lowest BCUT2D eigenvalue weighted by Gasteiger charge is -2.24. The van der Waals surface area contributed by atoms with Gasteiger partial charge in [0, 0.05) is 11.1 Å². The largest absolute Gasteiger partial charge is 0.478 e. The Bertz CT molecular complexity index is 707.